The zero-order valence-electron chi connectivity index (χ0n) is 10.9. The lowest BCUT2D eigenvalue weighted by molar-refractivity contribution is -0.120. The maximum Gasteiger partial charge on any atom is 0.248 e. The second kappa shape index (κ2) is 5.38. The molecule has 0 fully saturated rings. The Morgan fingerprint density at radius 3 is 2.40 bits per heavy atom. The highest BCUT2D eigenvalue weighted by molar-refractivity contribution is 5.98. The van der Waals surface area contributed by atoms with E-state index in [1.165, 1.54) is 6.92 Å². The molecule has 0 radical (unpaired) electrons. The van der Waals surface area contributed by atoms with E-state index in [1.54, 1.807) is 30.3 Å². The molecule has 20 heavy (non-hydrogen) atoms. The molecule has 0 aliphatic rings. The molecule has 0 saturated carbocycles. The van der Waals surface area contributed by atoms with Crippen LogP contribution < -0.4 is 11.1 Å². The predicted molar refractivity (Wildman–Crippen MR) is 73.0 cm³/mol. The minimum absolute atomic E-state index is 0.107. The zero-order chi connectivity index (χ0) is 14.8. The normalized spacial score (nSPS) is 13.6. The fraction of sp³-hybridized carbons (Fsp3) is 0.133. The lowest BCUT2D eigenvalue weighted by Crippen LogP contribution is -2.45. The topological polar surface area (TPSA) is 55.1 Å². The number of benzene rings is 2. The van der Waals surface area contributed by atoms with Gasteiger partial charge in [-0.3, -0.25) is 4.79 Å². The summed E-state index contributed by atoms with van der Waals surface area (Å²) in [6.45, 7) is 1.53. The van der Waals surface area contributed by atoms with Gasteiger partial charge < -0.3 is 11.1 Å². The molecule has 0 saturated heterocycles. The number of anilines is 1. The number of rotatable bonds is 3. The Hall–Kier alpha value is -2.27. The highest BCUT2D eigenvalue weighted by Gasteiger charge is 2.30. The number of nitrogens with one attached hydrogen (secondary N) is 1. The van der Waals surface area contributed by atoms with Crippen molar-refractivity contribution < 1.29 is 13.6 Å². The molecule has 0 aliphatic carbocycles. The van der Waals surface area contributed by atoms with E-state index < -0.39 is 23.1 Å². The van der Waals surface area contributed by atoms with Crippen molar-refractivity contribution in [2.45, 2.75) is 12.5 Å². The molecule has 2 aromatic carbocycles. The van der Waals surface area contributed by atoms with Crippen LogP contribution in [-0.2, 0) is 10.3 Å². The molecule has 5 heteroatoms. The fourth-order valence-electron chi connectivity index (χ4n) is 1.76. The summed E-state index contributed by atoms with van der Waals surface area (Å²) < 4.78 is 26.3. The van der Waals surface area contributed by atoms with E-state index in [9.17, 15) is 13.6 Å². The van der Waals surface area contributed by atoms with Crippen molar-refractivity contribution in [2.24, 2.45) is 5.73 Å². The Labute approximate surface area is 115 Å². The average molecular weight is 276 g/mol. The van der Waals surface area contributed by atoms with E-state index in [4.69, 9.17) is 5.73 Å². The van der Waals surface area contributed by atoms with Gasteiger partial charge in [0, 0.05) is 6.07 Å². The second-order valence-corrected chi connectivity index (χ2v) is 4.65. The maximum atomic E-state index is 13.5. The molecule has 0 heterocycles. The highest BCUT2D eigenvalue weighted by atomic mass is 19.1. The van der Waals surface area contributed by atoms with Gasteiger partial charge in [-0.05, 0) is 24.6 Å². The van der Waals surface area contributed by atoms with Crippen LogP contribution in [0.1, 0.15) is 12.5 Å². The van der Waals surface area contributed by atoms with Crippen LogP contribution in [0.15, 0.2) is 48.5 Å². The van der Waals surface area contributed by atoms with Crippen LogP contribution in [0.4, 0.5) is 14.5 Å². The summed E-state index contributed by atoms with van der Waals surface area (Å²) in [5.41, 5.74) is 5.17. The molecule has 2 rings (SSSR count). The molecule has 0 spiro atoms. The molecule has 2 aromatic rings. The smallest absolute Gasteiger partial charge is 0.248 e. The van der Waals surface area contributed by atoms with Gasteiger partial charge in [-0.15, -0.1) is 0 Å². The van der Waals surface area contributed by atoms with Crippen LogP contribution in [0.3, 0.4) is 0 Å². The standard InChI is InChI=1S/C15H14F2N2O/c1-15(18,10-5-3-2-4-6-10)14(20)19-13-8-7-11(16)9-12(13)17/h2-9H,18H2,1H3,(H,19,20). The third kappa shape index (κ3) is 2.83. The first kappa shape index (κ1) is 14.1. The molecule has 3 N–H and O–H groups in total. The van der Waals surface area contributed by atoms with E-state index in [-0.39, 0.29) is 5.69 Å². The molecule has 0 bridgehead atoms. The van der Waals surface area contributed by atoms with Gasteiger partial charge >= 0.3 is 0 Å². The maximum absolute atomic E-state index is 13.5. The molecule has 3 nitrogen and oxygen atoms in total. The van der Waals surface area contributed by atoms with Crippen molar-refractivity contribution >= 4 is 11.6 Å². The number of halogens is 2. The van der Waals surface area contributed by atoms with Gasteiger partial charge in [0.2, 0.25) is 5.91 Å². The number of amides is 1. The van der Waals surface area contributed by atoms with E-state index in [2.05, 4.69) is 5.32 Å². The van der Waals surface area contributed by atoms with Crippen LogP contribution in [0.2, 0.25) is 0 Å². The lowest BCUT2D eigenvalue weighted by Gasteiger charge is -2.24. The van der Waals surface area contributed by atoms with Crippen molar-refractivity contribution in [1.82, 2.24) is 0 Å². The first-order chi connectivity index (χ1) is 9.41. The molecule has 1 unspecified atom stereocenters. The SMILES string of the molecule is CC(N)(C(=O)Nc1ccc(F)cc1F)c1ccccc1. The Morgan fingerprint density at radius 2 is 1.80 bits per heavy atom. The summed E-state index contributed by atoms with van der Waals surface area (Å²) in [5, 5.41) is 2.37. The summed E-state index contributed by atoms with van der Waals surface area (Å²) >= 11 is 0. The minimum Gasteiger partial charge on any atom is -0.322 e. The van der Waals surface area contributed by atoms with Gasteiger partial charge in [0.25, 0.3) is 0 Å². The molecular formula is C15H14F2N2O. The van der Waals surface area contributed by atoms with Gasteiger partial charge in [0.15, 0.2) is 0 Å². The van der Waals surface area contributed by atoms with Gasteiger partial charge in [0.1, 0.15) is 17.2 Å². The van der Waals surface area contributed by atoms with E-state index >= 15 is 0 Å². The first-order valence-corrected chi connectivity index (χ1v) is 6.02. The van der Waals surface area contributed by atoms with E-state index in [0.717, 1.165) is 12.1 Å². The summed E-state index contributed by atoms with van der Waals surface area (Å²) in [6.07, 6.45) is 0. The second-order valence-electron chi connectivity index (χ2n) is 4.65. The van der Waals surface area contributed by atoms with Crippen LogP contribution in [0.25, 0.3) is 0 Å². The van der Waals surface area contributed by atoms with E-state index in [1.807, 2.05) is 0 Å². The van der Waals surface area contributed by atoms with Crippen LogP contribution >= 0.6 is 0 Å². The predicted octanol–water partition coefficient (Wildman–Crippen LogP) is 2.78. The fourth-order valence-corrected chi connectivity index (χ4v) is 1.76. The van der Waals surface area contributed by atoms with Crippen molar-refractivity contribution in [3.05, 3.63) is 65.7 Å². The van der Waals surface area contributed by atoms with Crippen LogP contribution in [-0.4, -0.2) is 5.91 Å². The van der Waals surface area contributed by atoms with Crippen molar-refractivity contribution in [1.29, 1.82) is 0 Å². The van der Waals surface area contributed by atoms with Crippen LogP contribution in [0, 0.1) is 11.6 Å². The Balaban J connectivity index is 2.23. The molecule has 0 aliphatic heterocycles. The first-order valence-electron chi connectivity index (χ1n) is 6.02. The third-order valence-electron chi connectivity index (χ3n) is 3.02. The molecule has 104 valence electrons. The summed E-state index contributed by atoms with van der Waals surface area (Å²) in [6, 6.07) is 11.7. The average Bonchev–Trinajstić information content (AvgIpc) is 2.42. The Kier molecular flexibility index (Phi) is 3.81. The Morgan fingerprint density at radius 1 is 1.15 bits per heavy atom. The zero-order valence-corrected chi connectivity index (χ0v) is 10.9. The molecule has 0 aromatic heterocycles. The van der Waals surface area contributed by atoms with Crippen molar-refractivity contribution in [3.63, 3.8) is 0 Å². The number of carbonyl (C=O) groups is 1. The summed E-state index contributed by atoms with van der Waals surface area (Å²) in [5.74, 6) is -2.13. The minimum atomic E-state index is -1.32. The van der Waals surface area contributed by atoms with Gasteiger partial charge in [-0.2, -0.15) is 0 Å². The number of carbonyl (C=O) groups excluding carboxylic acids is 1. The van der Waals surface area contributed by atoms with Crippen molar-refractivity contribution in [2.75, 3.05) is 5.32 Å². The number of hydrogen-bond donors (Lipinski definition) is 2. The van der Waals surface area contributed by atoms with E-state index in [0.29, 0.717) is 11.6 Å². The molecule has 1 amide bonds. The third-order valence-corrected chi connectivity index (χ3v) is 3.02. The Bertz CT molecular complexity index is 627. The van der Waals surface area contributed by atoms with Gasteiger partial charge in [0.05, 0.1) is 5.69 Å². The van der Waals surface area contributed by atoms with Crippen LogP contribution in [0.5, 0.6) is 0 Å². The van der Waals surface area contributed by atoms with Crippen molar-refractivity contribution in [3.8, 4) is 0 Å². The molecular weight excluding hydrogens is 262 g/mol. The van der Waals surface area contributed by atoms with Gasteiger partial charge in [-0.25, -0.2) is 8.78 Å². The quantitative estimate of drug-likeness (QED) is 0.905. The monoisotopic (exact) mass is 276 g/mol. The summed E-state index contributed by atoms with van der Waals surface area (Å²) in [4.78, 5) is 12.2. The molecule has 1 atom stereocenters. The number of nitrogens with two attached hydrogens (primary N) is 1. The number of hydrogen-bond acceptors (Lipinski definition) is 2. The summed E-state index contributed by atoms with van der Waals surface area (Å²) in [7, 11) is 0. The van der Waals surface area contributed by atoms with Gasteiger partial charge in [-0.1, -0.05) is 30.3 Å². The largest absolute Gasteiger partial charge is 0.322 e. The lowest BCUT2D eigenvalue weighted by atomic mass is 9.92. The highest BCUT2D eigenvalue weighted by Crippen LogP contribution is 2.21.